The second kappa shape index (κ2) is 20.0. The highest BCUT2D eigenvalue weighted by molar-refractivity contribution is 5.83. The summed E-state index contributed by atoms with van der Waals surface area (Å²) in [6, 6.07) is 0. The van der Waals surface area contributed by atoms with E-state index in [1.807, 2.05) is 6.92 Å². The van der Waals surface area contributed by atoms with Crippen LogP contribution in [0.2, 0.25) is 0 Å². The largest absolute Gasteiger partial charge is 0.466 e. The van der Waals surface area contributed by atoms with Gasteiger partial charge in [0.15, 0.2) is 11.9 Å². The van der Waals surface area contributed by atoms with Crippen molar-refractivity contribution >= 4 is 29.8 Å². The number of hydrogen-bond donors (Lipinski definition) is 4. The van der Waals surface area contributed by atoms with Crippen LogP contribution in [0.15, 0.2) is 35.5 Å². The molecule has 0 aromatic carbocycles. The molecule has 0 unspecified atom stereocenters. The highest BCUT2D eigenvalue weighted by atomic mass is 16.7. The molecule has 3 fully saturated rings. The maximum Gasteiger partial charge on any atom is 0.330 e. The van der Waals surface area contributed by atoms with Gasteiger partial charge in [0.05, 0.1) is 62.7 Å². The molecule has 4 aliphatic heterocycles. The first-order chi connectivity index (χ1) is 27.9. The summed E-state index contributed by atoms with van der Waals surface area (Å²) in [7, 11) is 2.40. The third kappa shape index (κ3) is 11.8. The topological polar surface area (TPSA) is 240 Å². The van der Waals surface area contributed by atoms with Crippen molar-refractivity contribution in [3.05, 3.63) is 35.5 Å². The molecular formula is C43H64O17. The molecule has 0 saturated carbocycles. The van der Waals surface area contributed by atoms with Crippen molar-refractivity contribution in [3.8, 4) is 0 Å². The van der Waals surface area contributed by atoms with Crippen LogP contribution in [0, 0.1) is 10.8 Å². The second-order valence-corrected chi connectivity index (χ2v) is 17.5. The van der Waals surface area contributed by atoms with Crippen LogP contribution in [0.5, 0.6) is 0 Å². The Bertz CT molecular complexity index is 1660. The zero-order valence-corrected chi connectivity index (χ0v) is 36.2. The standard InChI is InChI=1S/C43H64O17/c1-10-11-35(47)58-34-22-31-19-28(46)20-38(50)57-33(24(2)44)21-30-17-27(18-37(49)54-9)39(55-25(3)45)43(52,60-30)40(4,5)13-12-29-14-26(16-36(48)53-8)15-32(56-29)23-42(51,59-31)41(34,6)7/h12-13,16,18,24,28-34,39,44,46,51-52H,10-11,14-15,17,19-23H2,1-9H3/b13-12+,26-16+,27-18+/t24-,28-,29+,30+,31-,32+,33-,34+,39+,42+,43-/m1/s1. The molecule has 0 aromatic rings. The summed E-state index contributed by atoms with van der Waals surface area (Å²) in [6.07, 6.45) is -4.32. The Morgan fingerprint density at radius 1 is 0.900 bits per heavy atom. The molecule has 3 saturated heterocycles. The molecule has 0 spiro atoms. The first-order valence-corrected chi connectivity index (χ1v) is 20.6. The SMILES string of the molecule is CCCC(=O)O[C@H]1C[C@H]2C[C@@H](O)CC(=O)O[C@@H]([C@@H](C)O)C[C@@H]3C/C(=C\C(=O)OC)[C@H](OC(C)=O)[C@@](O)(O3)C(C)(C)/C=C/[C@H]3C/C(=C\C(=O)OC)C[C@@H](C[C@](O)(O2)C1(C)C)O3. The lowest BCUT2D eigenvalue weighted by Crippen LogP contribution is -2.62. The van der Waals surface area contributed by atoms with Crippen LogP contribution >= 0.6 is 0 Å². The smallest absolute Gasteiger partial charge is 0.330 e. The lowest BCUT2D eigenvalue weighted by Gasteiger charge is -2.53. The molecule has 4 heterocycles. The van der Waals surface area contributed by atoms with Gasteiger partial charge in [-0.1, -0.05) is 52.3 Å². The minimum absolute atomic E-state index is 0.0876. The monoisotopic (exact) mass is 852 g/mol. The zero-order valence-electron chi connectivity index (χ0n) is 36.2. The van der Waals surface area contributed by atoms with Crippen molar-refractivity contribution in [2.45, 2.75) is 179 Å². The van der Waals surface area contributed by atoms with E-state index in [4.69, 9.17) is 37.9 Å². The summed E-state index contributed by atoms with van der Waals surface area (Å²) >= 11 is 0. The molecular weight excluding hydrogens is 788 g/mol. The van der Waals surface area contributed by atoms with Gasteiger partial charge in [-0.25, -0.2) is 9.59 Å². The minimum Gasteiger partial charge on any atom is -0.466 e. The van der Waals surface area contributed by atoms with Crippen molar-refractivity contribution in [2.24, 2.45) is 10.8 Å². The molecule has 17 nitrogen and oxygen atoms in total. The molecule has 4 rings (SSSR count). The van der Waals surface area contributed by atoms with Gasteiger partial charge in [0.25, 0.3) is 0 Å². The third-order valence-corrected chi connectivity index (χ3v) is 11.9. The van der Waals surface area contributed by atoms with Crippen molar-refractivity contribution in [1.82, 2.24) is 0 Å². The number of esters is 5. The molecule has 0 radical (unpaired) electrons. The van der Waals surface area contributed by atoms with Crippen molar-refractivity contribution in [2.75, 3.05) is 14.2 Å². The first-order valence-electron chi connectivity index (χ1n) is 20.6. The molecule has 11 atom stereocenters. The fraction of sp³-hybridized carbons (Fsp3) is 0.744. The van der Waals surface area contributed by atoms with Crippen LogP contribution in [0.3, 0.4) is 0 Å². The predicted octanol–water partition coefficient (Wildman–Crippen LogP) is 3.17. The predicted molar refractivity (Wildman–Crippen MR) is 210 cm³/mol. The van der Waals surface area contributed by atoms with Crippen molar-refractivity contribution in [1.29, 1.82) is 0 Å². The van der Waals surface area contributed by atoms with Gasteiger partial charge in [0, 0.05) is 56.6 Å². The maximum atomic E-state index is 13.4. The molecule has 0 aliphatic carbocycles. The van der Waals surface area contributed by atoms with Gasteiger partial charge in [0.2, 0.25) is 5.79 Å². The number of carbonyl (C=O) groups excluding carboxylic acids is 5. The van der Waals surface area contributed by atoms with Gasteiger partial charge in [-0.15, -0.1) is 0 Å². The molecule has 4 aliphatic rings. The minimum atomic E-state index is -2.41. The first kappa shape index (κ1) is 49.0. The number of hydrogen-bond acceptors (Lipinski definition) is 17. The van der Waals surface area contributed by atoms with E-state index in [9.17, 15) is 44.4 Å². The van der Waals surface area contributed by atoms with Crippen LogP contribution in [0.4, 0.5) is 0 Å². The van der Waals surface area contributed by atoms with Crippen LogP contribution in [-0.2, 0) is 61.9 Å². The Balaban J connectivity index is 1.88. The molecule has 0 aromatic heterocycles. The molecule has 60 heavy (non-hydrogen) atoms. The van der Waals surface area contributed by atoms with E-state index in [1.54, 1.807) is 39.8 Å². The van der Waals surface area contributed by atoms with Crippen LogP contribution < -0.4 is 0 Å². The highest BCUT2D eigenvalue weighted by Crippen LogP contribution is 2.50. The summed E-state index contributed by atoms with van der Waals surface area (Å²) in [5.74, 6) is -8.02. The van der Waals surface area contributed by atoms with Gasteiger partial charge in [0.1, 0.15) is 12.2 Å². The van der Waals surface area contributed by atoms with E-state index in [-0.39, 0.29) is 56.9 Å². The summed E-state index contributed by atoms with van der Waals surface area (Å²) in [6.45, 7) is 11.0. The van der Waals surface area contributed by atoms with E-state index in [2.05, 4.69) is 0 Å². The highest BCUT2D eigenvalue weighted by Gasteiger charge is 2.59. The normalized spacial score (nSPS) is 37.1. The van der Waals surface area contributed by atoms with Crippen molar-refractivity contribution < 1.29 is 82.3 Å². The molecule has 338 valence electrons. The Hall–Kier alpha value is -3.71. The third-order valence-electron chi connectivity index (χ3n) is 11.9. The summed E-state index contributed by atoms with van der Waals surface area (Å²) < 4.78 is 46.4. The Morgan fingerprint density at radius 3 is 2.18 bits per heavy atom. The number of ether oxygens (including phenoxy) is 8. The number of rotatable bonds is 7. The quantitative estimate of drug-likeness (QED) is 0.124. The van der Waals surface area contributed by atoms with Crippen LogP contribution in [0.1, 0.15) is 113 Å². The number of methoxy groups -OCH3 is 2. The summed E-state index contributed by atoms with van der Waals surface area (Å²) in [4.78, 5) is 64.0. The van der Waals surface area contributed by atoms with Crippen molar-refractivity contribution in [3.63, 3.8) is 0 Å². The average molecular weight is 853 g/mol. The fourth-order valence-corrected chi connectivity index (χ4v) is 8.33. The number of aliphatic hydroxyl groups is 4. The maximum absolute atomic E-state index is 13.4. The fourth-order valence-electron chi connectivity index (χ4n) is 8.33. The van der Waals surface area contributed by atoms with Gasteiger partial charge < -0.3 is 58.3 Å². The van der Waals surface area contributed by atoms with Crippen LogP contribution in [-0.4, -0.2) is 131 Å². The number of carbonyl (C=O) groups is 5. The average Bonchev–Trinajstić information content (AvgIpc) is 3.13. The van der Waals surface area contributed by atoms with E-state index < -0.39 is 114 Å². The van der Waals surface area contributed by atoms with E-state index in [0.717, 1.165) is 20.1 Å². The van der Waals surface area contributed by atoms with Gasteiger partial charge in [-0.2, -0.15) is 0 Å². The van der Waals surface area contributed by atoms with E-state index in [1.165, 1.54) is 20.1 Å². The van der Waals surface area contributed by atoms with E-state index in [0.29, 0.717) is 12.0 Å². The lowest BCUT2D eigenvalue weighted by molar-refractivity contribution is -0.348. The number of fused-ring (bicyclic) bond motifs is 6. The van der Waals surface area contributed by atoms with Gasteiger partial charge in [-0.05, 0) is 38.2 Å². The summed E-state index contributed by atoms with van der Waals surface area (Å²) in [5, 5.41) is 47.2. The number of cyclic esters (lactones) is 1. The summed E-state index contributed by atoms with van der Waals surface area (Å²) in [5.41, 5.74) is -1.97. The Labute approximate surface area is 351 Å². The molecule has 17 heteroatoms. The van der Waals surface area contributed by atoms with Gasteiger partial charge >= 0.3 is 29.8 Å². The number of aliphatic hydroxyl groups excluding tert-OH is 2. The molecule has 4 N–H and O–H groups in total. The van der Waals surface area contributed by atoms with Gasteiger partial charge in [-0.3, -0.25) is 14.4 Å². The van der Waals surface area contributed by atoms with E-state index >= 15 is 0 Å². The van der Waals surface area contributed by atoms with Crippen LogP contribution in [0.25, 0.3) is 0 Å². The second-order valence-electron chi connectivity index (χ2n) is 17.5. The zero-order chi connectivity index (χ0) is 44.8. The molecule has 0 amide bonds. The molecule has 6 bridgehead atoms. The Kier molecular flexibility index (Phi) is 16.3. The Morgan fingerprint density at radius 2 is 1.57 bits per heavy atom. The lowest BCUT2D eigenvalue weighted by atomic mass is 9.70.